The van der Waals surface area contributed by atoms with Crippen molar-refractivity contribution in [3.05, 3.63) is 53.1 Å². The van der Waals surface area contributed by atoms with Crippen LogP contribution in [0.1, 0.15) is 60.8 Å². The molecule has 7 nitrogen and oxygen atoms in total. The van der Waals surface area contributed by atoms with Crippen LogP contribution in [-0.4, -0.2) is 57.4 Å². The van der Waals surface area contributed by atoms with Crippen molar-refractivity contribution in [3.8, 4) is 5.75 Å². The summed E-state index contributed by atoms with van der Waals surface area (Å²) in [4.78, 5) is 10.5. The second-order valence-electron chi connectivity index (χ2n) is 9.15. The largest absolute Gasteiger partial charge is 0.508 e. The summed E-state index contributed by atoms with van der Waals surface area (Å²) >= 11 is 0. The number of hydrogen-bond donors (Lipinski definition) is 5. The summed E-state index contributed by atoms with van der Waals surface area (Å²) in [7, 11) is 0. The normalized spacial score (nSPS) is 28.6. The lowest BCUT2D eigenvalue weighted by Gasteiger charge is -2.33. The molecular weight excluding hydrogens is 390 g/mol. The van der Waals surface area contributed by atoms with Crippen molar-refractivity contribution >= 4 is 5.57 Å². The average molecular weight is 424 g/mol. The number of hydrogen-bond acceptors (Lipinski definition) is 6. The quantitative estimate of drug-likeness (QED) is 0.490. The Morgan fingerprint density at radius 3 is 2.97 bits per heavy atom. The highest BCUT2D eigenvalue weighted by molar-refractivity contribution is 5.66. The molecule has 5 rings (SSSR count). The van der Waals surface area contributed by atoms with Crippen molar-refractivity contribution in [1.29, 1.82) is 0 Å². The number of phenols is 1. The first-order valence-corrected chi connectivity index (χ1v) is 11.6. The van der Waals surface area contributed by atoms with Gasteiger partial charge in [-0.25, -0.2) is 10.4 Å². The number of benzene rings is 1. The van der Waals surface area contributed by atoms with Crippen LogP contribution < -0.4 is 10.9 Å². The van der Waals surface area contributed by atoms with E-state index >= 15 is 0 Å². The molecule has 166 valence electrons. The van der Waals surface area contributed by atoms with Crippen molar-refractivity contribution in [2.75, 3.05) is 26.2 Å². The van der Waals surface area contributed by atoms with Crippen LogP contribution in [0.25, 0.3) is 5.57 Å². The molecule has 4 atom stereocenters. The number of imidazole rings is 1. The molecule has 31 heavy (non-hydrogen) atoms. The van der Waals surface area contributed by atoms with Crippen LogP contribution in [0.4, 0.5) is 0 Å². The molecule has 1 aromatic heterocycles. The van der Waals surface area contributed by atoms with E-state index in [2.05, 4.69) is 39.8 Å². The average Bonchev–Trinajstić information content (AvgIpc) is 3.52. The van der Waals surface area contributed by atoms with Gasteiger partial charge in [0.15, 0.2) is 0 Å². The Hall–Kier alpha value is -2.19. The van der Waals surface area contributed by atoms with Gasteiger partial charge in [-0.3, -0.25) is 10.3 Å². The monoisotopic (exact) mass is 423 g/mol. The maximum atomic E-state index is 9.85. The van der Waals surface area contributed by atoms with E-state index in [0.29, 0.717) is 30.2 Å². The van der Waals surface area contributed by atoms with Crippen molar-refractivity contribution in [2.24, 2.45) is 5.92 Å². The number of aryl methyl sites for hydroxylation is 1. The minimum atomic E-state index is 0.195. The van der Waals surface area contributed by atoms with Gasteiger partial charge in [0.25, 0.3) is 0 Å². The summed E-state index contributed by atoms with van der Waals surface area (Å²) in [5, 5.41) is 19.0. The zero-order chi connectivity index (χ0) is 21.4. The van der Waals surface area contributed by atoms with E-state index < -0.39 is 0 Å². The molecule has 0 bridgehead atoms. The molecule has 3 aliphatic rings. The number of aromatic hydroxyl groups is 1. The molecule has 0 spiro atoms. The van der Waals surface area contributed by atoms with Gasteiger partial charge in [-0.15, -0.1) is 0 Å². The molecule has 7 heteroatoms. The topological polar surface area (TPSA) is 96.4 Å². The molecule has 1 saturated heterocycles. The number of β-amino-alcohol motifs (C(OH)–C–C–N with tert-alkyl or cyclic N) is 1. The maximum Gasteiger partial charge on any atom is 0.125 e. The Kier molecular flexibility index (Phi) is 5.84. The highest BCUT2D eigenvalue weighted by atomic mass is 16.3. The number of aliphatic hydroxyl groups is 1. The first kappa shape index (κ1) is 20.7. The van der Waals surface area contributed by atoms with Crippen LogP contribution in [0.2, 0.25) is 0 Å². The number of aromatic amines is 1. The Balaban J connectivity index is 1.26. The molecule has 4 unspecified atom stereocenters. The second-order valence-corrected chi connectivity index (χ2v) is 9.15. The fourth-order valence-electron chi connectivity index (χ4n) is 5.69. The van der Waals surface area contributed by atoms with Gasteiger partial charge < -0.3 is 15.2 Å². The van der Waals surface area contributed by atoms with Gasteiger partial charge >= 0.3 is 0 Å². The van der Waals surface area contributed by atoms with E-state index in [1.807, 2.05) is 18.3 Å². The van der Waals surface area contributed by atoms with Gasteiger partial charge in [0, 0.05) is 25.7 Å². The summed E-state index contributed by atoms with van der Waals surface area (Å²) in [6.07, 6.45) is 8.53. The Morgan fingerprint density at radius 1 is 1.23 bits per heavy atom. The fourth-order valence-corrected chi connectivity index (χ4v) is 5.69. The molecule has 0 radical (unpaired) electrons. The number of nitrogens with zero attached hydrogens (tertiary/aromatic N) is 2. The van der Waals surface area contributed by atoms with Gasteiger partial charge in [0.05, 0.1) is 24.5 Å². The zero-order valence-corrected chi connectivity index (χ0v) is 18.1. The van der Waals surface area contributed by atoms with E-state index in [-0.39, 0.29) is 12.6 Å². The zero-order valence-electron chi connectivity index (χ0n) is 18.1. The van der Waals surface area contributed by atoms with Crippen molar-refractivity contribution in [2.45, 2.75) is 50.6 Å². The van der Waals surface area contributed by atoms with Gasteiger partial charge in [-0.05, 0) is 66.4 Å². The first-order valence-electron chi connectivity index (χ1n) is 11.6. The lowest BCUT2D eigenvalue weighted by molar-refractivity contribution is 0.227. The number of phenolic OH excluding ortho intramolecular Hbond substituents is 1. The van der Waals surface area contributed by atoms with Gasteiger partial charge in [-0.1, -0.05) is 19.1 Å². The number of rotatable bonds is 6. The fraction of sp³-hybridized carbons (Fsp3) is 0.542. The number of nitrogens with one attached hydrogen (secondary N) is 3. The number of aliphatic hydroxyl groups excluding tert-OH is 1. The molecule has 2 aromatic rings. The third-order valence-electron chi connectivity index (χ3n) is 7.35. The maximum absolute atomic E-state index is 9.85. The summed E-state index contributed by atoms with van der Waals surface area (Å²) in [6.45, 7) is 4.81. The third-order valence-corrected chi connectivity index (χ3v) is 7.35. The number of fused-ring (bicyclic) bond motifs is 1. The van der Waals surface area contributed by atoms with E-state index in [1.165, 1.54) is 16.7 Å². The van der Waals surface area contributed by atoms with Crippen LogP contribution in [0.15, 0.2) is 30.5 Å². The third kappa shape index (κ3) is 4.03. The van der Waals surface area contributed by atoms with Crippen LogP contribution in [-0.2, 0) is 6.42 Å². The van der Waals surface area contributed by atoms with Crippen LogP contribution in [0, 0.1) is 5.92 Å². The SMILES string of the molecule is CCc1cc(O)ccc1C1CCC2C(C1)NNC2c1ncc(C2=CCN(CCO)C2)[nH]1. The molecule has 5 N–H and O–H groups in total. The summed E-state index contributed by atoms with van der Waals surface area (Å²) < 4.78 is 0. The molecular formula is C24H33N5O2. The molecule has 2 fully saturated rings. The van der Waals surface area contributed by atoms with Crippen molar-refractivity contribution in [3.63, 3.8) is 0 Å². The molecule has 1 saturated carbocycles. The van der Waals surface area contributed by atoms with Gasteiger partial charge in [0.1, 0.15) is 11.6 Å². The molecule has 0 amide bonds. The summed E-state index contributed by atoms with van der Waals surface area (Å²) in [6, 6.07) is 6.48. The van der Waals surface area contributed by atoms with E-state index in [4.69, 9.17) is 10.1 Å². The van der Waals surface area contributed by atoms with Crippen LogP contribution in [0.3, 0.4) is 0 Å². The minimum absolute atomic E-state index is 0.195. The number of hydrazine groups is 1. The predicted octanol–water partition coefficient (Wildman–Crippen LogP) is 2.47. The Labute approximate surface area is 183 Å². The van der Waals surface area contributed by atoms with Gasteiger partial charge in [-0.2, -0.15) is 0 Å². The van der Waals surface area contributed by atoms with Crippen LogP contribution >= 0.6 is 0 Å². The van der Waals surface area contributed by atoms with Crippen molar-refractivity contribution in [1.82, 2.24) is 25.7 Å². The summed E-state index contributed by atoms with van der Waals surface area (Å²) in [5.41, 5.74) is 12.1. The van der Waals surface area contributed by atoms with E-state index in [1.54, 1.807) is 0 Å². The summed E-state index contributed by atoms with van der Waals surface area (Å²) in [5.74, 6) is 2.41. The van der Waals surface area contributed by atoms with Crippen LogP contribution in [0.5, 0.6) is 5.75 Å². The second kappa shape index (κ2) is 8.74. The van der Waals surface area contributed by atoms with E-state index in [9.17, 15) is 5.11 Å². The first-order chi connectivity index (χ1) is 15.2. The number of H-pyrrole nitrogens is 1. The molecule has 3 heterocycles. The minimum Gasteiger partial charge on any atom is -0.508 e. The lowest BCUT2D eigenvalue weighted by Crippen LogP contribution is -2.35. The Bertz CT molecular complexity index is 955. The number of aromatic nitrogens is 2. The standard InChI is InChI=1S/C24H33N5O2/c1-2-15-11-18(31)4-6-19(15)16-3-5-20-21(12-16)27-28-23(20)24-25-13-22(26-24)17-7-8-29(14-17)9-10-30/h4,6-7,11,13,16,20-21,23,27-28,30-31H,2-3,5,8-10,12,14H2,1H3,(H,25,26). The molecule has 1 aliphatic carbocycles. The highest BCUT2D eigenvalue weighted by Crippen LogP contribution is 2.44. The van der Waals surface area contributed by atoms with E-state index in [0.717, 1.165) is 50.3 Å². The molecule has 1 aromatic carbocycles. The predicted molar refractivity (Wildman–Crippen MR) is 120 cm³/mol. The Morgan fingerprint density at radius 2 is 2.13 bits per heavy atom. The molecule has 2 aliphatic heterocycles. The van der Waals surface area contributed by atoms with Crippen molar-refractivity contribution < 1.29 is 10.2 Å². The van der Waals surface area contributed by atoms with Gasteiger partial charge in [0.2, 0.25) is 0 Å². The highest BCUT2D eigenvalue weighted by Gasteiger charge is 2.42. The smallest absolute Gasteiger partial charge is 0.125 e. The lowest BCUT2D eigenvalue weighted by atomic mass is 9.73.